The Morgan fingerprint density at radius 3 is 2.32 bits per heavy atom. The minimum atomic E-state index is -0.750. The summed E-state index contributed by atoms with van der Waals surface area (Å²) in [6.07, 6.45) is -0.0687. The Hall–Kier alpha value is -3.06. The molecular formula is C31H45N3O4. The first-order valence-electron chi connectivity index (χ1n) is 13.9. The first kappa shape index (κ1) is 29.5. The normalized spacial score (nSPS) is 16.1. The van der Waals surface area contributed by atoms with Gasteiger partial charge in [0.1, 0.15) is 24.5 Å². The highest BCUT2D eigenvalue weighted by atomic mass is 16.6. The topological polar surface area (TPSA) is 71.1 Å². The van der Waals surface area contributed by atoms with E-state index in [4.69, 9.17) is 9.47 Å². The van der Waals surface area contributed by atoms with E-state index in [-0.39, 0.29) is 17.9 Å². The van der Waals surface area contributed by atoms with Gasteiger partial charge in [-0.3, -0.25) is 14.6 Å². The average Bonchev–Trinajstić information content (AvgIpc) is 2.88. The number of ether oxygens (including phenoxy) is 2. The van der Waals surface area contributed by atoms with Crippen LogP contribution in [0.5, 0.6) is 5.75 Å². The molecule has 3 rings (SSSR count). The lowest BCUT2D eigenvalue weighted by atomic mass is 9.92. The highest BCUT2D eigenvalue weighted by Gasteiger charge is 2.37. The Morgan fingerprint density at radius 2 is 1.68 bits per heavy atom. The van der Waals surface area contributed by atoms with Crippen molar-refractivity contribution in [3.05, 3.63) is 65.2 Å². The molecule has 0 aliphatic carbocycles. The zero-order valence-electron chi connectivity index (χ0n) is 24.1. The van der Waals surface area contributed by atoms with E-state index < -0.39 is 12.1 Å². The van der Waals surface area contributed by atoms with Crippen LogP contribution in [0.2, 0.25) is 0 Å². The predicted octanol–water partition coefficient (Wildman–Crippen LogP) is 5.58. The maximum absolute atomic E-state index is 13.6. The van der Waals surface area contributed by atoms with Gasteiger partial charge in [0.25, 0.3) is 0 Å². The van der Waals surface area contributed by atoms with Crippen LogP contribution in [0.3, 0.4) is 0 Å². The summed E-state index contributed by atoms with van der Waals surface area (Å²) in [4.78, 5) is 30.7. The molecule has 0 fully saturated rings. The van der Waals surface area contributed by atoms with Crippen molar-refractivity contribution in [1.82, 2.24) is 15.1 Å². The van der Waals surface area contributed by atoms with Gasteiger partial charge in [0.2, 0.25) is 5.91 Å². The molecule has 2 amide bonds. The lowest BCUT2D eigenvalue weighted by Crippen LogP contribution is -2.49. The number of fused-ring (bicyclic) bond motifs is 1. The Labute approximate surface area is 228 Å². The second-order valence-electron chi connectivity index (χ2n) is 11.0. The third kappa shape index (κ3) is 7.73. The van der Waals surface area contributed by atoms with Crippen LogP contribution in [0.15, 0.2) is 48.5 Å². The second kappa shape index (κ2) is 13.7. The van der Waals surface area contributed by atoms with Crippen LogP contribution in [0.25, 0.3) is 0 Å². The van der Waals surface area contributed by atoms with Crippen LogP contribution in [0.1, 0.15) is 71.2 Å². The first-order valence-corrected chi connectivity index (χ1v) is 13.9. The van der Waals surface area contributed by atoms with Gasteiger partial charge < -0.3 is 14.8 Å². The minimum absolute atomic E-state index is 0.186. The van der Waals surface area contributed by atoms with E-state index in [1.165, 1.54) is 0 Å². The van der Waals surface area contributed by atoms with E-state index >= 15 is 0 Å². The standard InChI is InChI=1S/C31H45N3O4/c1-21(2)24(7)38-31(36)34-17-15-26-19-27(37-20-25-11-9-8-10-12-25)13-14-28(26)29(34)30(35)32-16-18-33(22(3)4)23(5)6/h8-14,19,21-24,29H,15-18,20H2,1-7H3,(H,32,35). The van der Waals surface area contributed by atoms with Crippen LogP contribution in [-0.4, -0.2) is 59.6 Å². The van der Waals surface area contributed by atoms with Gasteiger partial charge in [-0.2, -0.15) is 0 Å². The molecule has 2 aromatic carbocycles. The highest BCUT2D eigenvalue weighted by molar-refractivity contribution is 5.88. The number of amides is 2. The van der Waals surface area contributed by atoms with Crippen LogP contribution < -0.4 is 10.1 Å². The first-order chi connectivity index (χ1) is 18.1. The van der Waals surface area contributed by atoms with Crippen molar-refractivity contribution in [2.24, 2.45) is 5.92 Å². The van der Waals surface area contributed by atoms with Crippen molar-refractivity contribution in [3.63, 3.8) is 0 Å². The zero-order valence-corrected chi connectivity index (χ0v) is 24.1. The van der Waals surface area contributed by atoms with Crippen LogP contribution in [0, 0.1) is 5.92 Å². The number of carbonyl (C=O) groups excluding carboxylic acids is 2. The van der Waals surface area contributed by atoms with Crippen molar-refractivity contribution in [3.8, 4) is 5.75 Å². The predicted molar refractivity (Wildman–Crippen MR) is 151 cm³/mol. The van der Waals surface area contributed by atoms with Crippen LogP contribution >= 0.6 is 0 Å². The van der Waals surface area contributed by atoms with Crippen LogP contribution in [-0.2, 0) is 22.6 Å². The molecular weight excluding hydrogens is 478 g/mol. The second-order valence-corrected chi connectivity index (χ2v) is 11.0. The molecule has 0 aromatic heterocycles. The van der Waals surface area contributed by atoms with Gasteiger partial charge in [-0.25, -0.2) is 4.79 Å². The lowest BCUT2D eigenvalue weighted by Gasteiger charge is -2.37. The molecule has 1 aliphatic heterocycles. The summed E-state index contributed by atoms with van der Waals surface area (Å²) < 4.78 is 11.8. The van der Waals surface area contributed by atoms with Gasteiger partial charge in [0, 0.05) is 31.7 Å². The van der Waals surface area contributed by atoms with Crippen molar-refractivity contribution in [1.29, 1.82) is 0 Å². The summed E-state index contributed by atoms with van der Waals surface area (Å²) in [5.41, 5.74) is 2.93. The minimum Gasteiger partial charge on any atom is -0.489 e. The summed E-state index contributed by atoms with van der Waals surface area (Å²) in [6.45, 7) is 16.7. The van der Waals surface area contributed by atoms with E-state index in [9.17, 15) is 9.59 Å². The summed E-state index contributed by atoms with van der Waals surface area (Å²) in [7, 11) is 0. The van der Waals surface area contributed by atoms with E-state index in [1.54, 1.807) is 4.90 Å². The fourth-order valence-corrected chi connectivity index (χ4v) is 4.79. The maximum atomic E-state index is 13.6. The van der Waals surface area contributed by atoms with E-state index in [0.29, 0.717) is 38.2 Å². The van der Waals surface area contributed by atoms with Crippen molar-refractivity contribution >= 4 is 12.0 Å². The molecule has 208 valence electrons. The molecule has 2 unspecified atom stereocenters. The molecule has 2 aromatic rings. The Balaban J connectivity index is 1.79. The number of benzene rings is 2. The van der Waals surface area contributed by atoms with Crippen molar-refractivity contribution < 1.29 is 19.1 Å². The van der Waals surface area contributed by atoms with Gasteiger partial charge in [0.05, 0.1) is 0 Å². The molecule has 7 heteroatoms. The average molecular weight is 524 g/mol. The SMILES string of the molecule is CC(C)C(C)OC(=O)N1CCc2cc(OCc3ccccc3)ccc2C1C(=O)NCCN(C(C)C)C(C)C. The van der Waals surface area contributed by atoms with Gasteiger partial charge in [-0.15, -0.1) is 0 Å². The third-order valence-electron chi connectivity index (χ3n) is 7.30. The molecule has 0 bridgehead atoms. The molecule has 0 saturated heterocycles. The fraction of sp³-hybridized carbons (Fsp3) is 0.548. The largest absolute Gasteiger partial charge is 0.489 e. The number of rotatable bonds is 11. The Bertz CT molecular complexity index is 1050. The van der Waals surface area contributed by atoms with Gasteiger partial charge in [-0.05, 0) is 75.8 Å². The molecule has 7 nitrogen and oxygen atoms in total. The van der Waals surface area contributed by atoms with Gasteiger partial charge in [0.15, 0.2) is 0 Å². The quantitative estimate of drug-likeness (QED) is 0.416. The van der Waals surface area contributed by atoms with Crippen molar-refractivity contribution in [2.75, 3.05) is 19.6 Å². The lowest BCUT2D eigenvalue weighted by molar-refractivity contribution is -0.127. The molecule has 1 aliphatic rings. The van der Waals surface area contributed by atoms with Gasteiger partial charge in [-0.1, -0.05) is 50.2 Å². The van der Waals surface area contributed by atoms with Gasteiger partial charge >= 0.3 is 6.09 Å². The zero-order chi connectivity index (χ0) is 27.8. The Morgan fingerprint density at radius 1 is 1.00 bits per heavy atom. The number of carbonyl (C=O) groups is 2. The molecule has 0 saturated carbocycles. The Kier molecular flexibility index (Phi) is 10.6. The fourth-order valence-electron chi connectivity index (χ4n) is 4.79. The smallest absolute Gasteiger partial charge is 0.411 e. The molecule has 38 heavy (non-hydrogen) atoms. The number of hydrogen-bond donors (Lipinski definition) is 1. The number of hydrogen-bond acceptors (Lipinski definition) is 5. The van der Waals surface area contributed by atoms with Crippen LogP contribution in [0.4, 0.5) is 4.79 Å². The number of nitrogens with one attached hydrogen (secondary N) is 1. The molecule has 1 heterocycles. The molecule has 2 atom stereocenters. The van der Waals surface area contributed by atoms with E-state index in [1.807, 2.05) is 69.3 Å². The summed E-state index contributed by atoms with van der Waals surface area (Å²) in [5, 5.41) is 3.09. The monoisotopic (exact) mass is 523 g/mol. The summed E-state index contributed by atoms with van der Waals surface area (Å²) in [5.74, 6) is 0.747. The molecule has 1 N–H and O–H groups in total. The summed E-state index contributed by atoms with van der Waals surface area (Å²) >= 11 is 0. The molecule has 0 spiro atoms. The summed E-state index contributed by atoms with van der Waals surface area (Å²) in [6, 6.07) is 15.8. The van der Waals surface area contributed by atoms with E-state index in [0.717, 1.165) is 29.0 Å². The maximum Gasteiger partial charge on any atom is 0.411 e. The number of nitrogens with zero attached hydrogens (tertiary/aromatic N) is 2. The van der Waals surface area contributed by atoms with E-state index in [2.05, 4.69) is 37.9 Å². The third-order valence-corrected chi connectivity index (χ3v) is 7.30. The highest BCUT2D eigenvalue weighted by Crippen LogP contribution is 2.33. The van der Waals surface area contributed by atoms with Crippen molar-refractivity contribution in [2.45, 2.75) is 85.7 Å². The molecule has 0 radical (unpaired) electrons.